The molecule has 0 saturated heterocycles. The summed E-state index contributed by atoms with van der Waals surface area (Å²) in [6, 6.07) is 3.70. The van der Waals surface area contributed by atoms with Crippen molar-refractivity contribution in [3.8, 4) is 0 Å². The van der Waals surface area contributed by atoms with Crippen LogP contribution in [0.3, 0.4) is 0 Å². The number of hydrogen-bond donors (Lipinski definition) is 1. The zero-order valence-corrected chi connectivity index (χ0v) is 15.7. The summed E-state index contributed by atoms with van der Waals surface area (Å²) in [5, 5.41) is 1.80. The summed E-state index contributed by atoms with van der Waals surface area (Å²) < 4.78 is 11.0. The molecule has 1 N–H and O–H groups in total. The Labute approximate surface area is 160 Å². The van der Waals surface area contributed by atoms with E-state index in [1.54, 1.807) is 23.6 Å². The van der Waals surface area contributed by atoms with E-state index in [-0.39, 0.29) is 12.3 Å². The van der Waals surface area contributed by atoms with Crippen molar-refractivity contribution < 1.29 is 13.6 Å². The van der Waals surface area contributed by atoms with Crippen LogP contribution in [0.25, 0.3) is 21.9 Å². The Bertz CT molecular complexity index is 1290. The number of aromatic amines is 1. The van der Waals surface area contributed by atoms with E-state index >= 15 is 0 Å². The lowest BCUT2D eigenvalue weighted by atomic mass is 10.0. The number of imidazole rings is 1. The van der Waals surface area contributed by atoms with Crippen molar-refractivity contribution in [3.05, 3.63) is 63.2 Å². The van der Waals surface area contributed by atoms with Gasteiger partial charge < -0.3 is 18.7 Å². The molecule has 0 aliphatic carbocycles. The van der Waals surface area contributed by atoms with Gasteiger partial charge in [-0.3, -0.25) is 4.79 Å². The molecule has 0 atom stereocenters. The molecule has 1 aliphatic heterocycles. The highest BCUT2D eigenvalue weighted by Crippen LogP contribution is 2.29. The lowest BCUT2D eigenvalue weighted by Crippen LogP contribution is -2.37. The summed E-state index contributed by atoms with van der Waals surface area (Å²) in [5.74, 6) is -0.0874. The van der Waals surface area contributed by atoms with Gasteiger partial charge in [0.2, 0.25) is 5.91 Å². The van der Waals surface area contributed by atoms with Crippen molar-refractivity contribution in [1.82, 2.24) is 14.9 Å². The lowest BCUT2D eigenvalue weighted by molar-refractivity contribution is -0.131. The van der Waals surface area contributed by atoms with Gasteiger partial charge in [0.25, 0.3) is 0 Å². The summed E-state index contributed by atoms with van der Waals surface area (Å²) in [5.41, 5.74) is 4.85. The van der Waals surface area contributed by atoms with Gasteiger partial charge in [-0.25, -0.2) is 9.78 Å². The maximum absolute atomic E-state index is 12.9. The lowest BCUT2D eigenvalue weighted by Gasteiger charge is -2.26. The largest absolute Gasteiger partial charge is 0.464 e. The third kappa shape index (κ3) is 2.54. The monoisotopic (exact) mass is 377 g/mol. The SMILES string of the molecule is Cc1coc2cc3oc(=O)c(CC(=O)N4CCc5nc[nH]c5C4)c(C)c3cc12. The number of H-pyrrole nitrogens is 1. The molecular formula is C21H19N3O4. The maximum Gasteiger partial charge on any atom is 0.340 e. The van der Waals surface area contributed by atoms with Gasteiger partial charge in [-0.15, -0.1) is 0 Å². The number of aryl methyl sites for hydroxylation is 2. The van der Waals surface area contributed by atoms with Crippen LogP contribution in [-0.4, -0.2) is 27.3 Å². The standard InChI is InChI=1S/C21H19N3O4/c1-11-9-27-18-7-19-14(5-13(11)18)12(2)15(21(26)28-19)6-20(25)24-4-3-16-17(8-24)23-10-22-16/h5,7,9-10H,3-4,6,8H2,1-2H3,(H,22,23). The van der Waals surface area contributed by atoms with Gasteiger partial charge >= 0.3 is 5.63 Å². The zero-order valence-electron chi connectivity index (χ0n) is 15.7. The van der Waals surface area contributed by atoms with Gasteiger partial charge in [-0.05, 0) is 31.0 Å². The predicted molar refractivity (Wildman–Crippen MR) is 103 cm³/mol. The number of rotatable bonds is 2. The highest BCUT2D eigenvalue weighted by Gasteiger charge is 2.24. The molecule has 0 unspecified atom stereocenters. The molecule has 4 heterocycles. The summed E-state index contributed by atoms with van der Waals surface area (Å²) in [6.07, 6.45) is 4.07. The van der Waals surface area contributed by atoms with Gasteiger partial charge in [0.1, 0.15) is 11.2 Å². The van der Waals surface area contributed by atoms with Crippen LogP contribution in [0.4, 0.5) is 0 Å². The number of carbonyl (C=O) groups is 1. The Morgan fingerprint density at radius 2 is 2.11 bits per heavy atom. The molecule has 1 aliphatic rings. The molecule has 142 valence electrons. The summed E-state index contributed by atoms with van der Waals surface area (Å²) in [7, 11) is 0. The normalized spacial score (nSPS) is 14.0. The summed E-state index contributed by atoms with van der Waals surface area (Å²) in [4.78, 5) is 34.5. The highest BCUT2D eigenvalue weighted by atomic mass is 16.4. The Morgan fingerprint density at radius 1 is 1.25 bits per heavy atom. The van der Waals surface area contributed by atoms with Crippen LogP contribution in [0.1, 0.15) is 28.1 Å². The smallest absolute Gasteiger partial charge is 0.340 e. The fourth-order valence-corrected chi connectivity index (χ4v) is 3.93. The molecule has 4 aromatic rings. The van der Waals surface area contributed by atoms with E-state index in [0.29, 0.717) is 36.2 Å². The van der Waals surface area contributed by atoms with E-state index in [4.69, 9.17) is 8.83 Å². The molecule has 0 spiro atoms. The second kappa shape index (κ2) is 6.09. The number of fused-ring (bicyclic) bond motifs is 3. The molecule has 0 fully saturated rings. The van der Waals surface area contributed by atoms with Gasteiger partial charge in [0.05, 0.1) is 42.5 Å². The fourth-order valence-electron chi connectivity index (χ4n) is 3.93. The minimum atomic E-state index is -0.472. The number of nitrogens with zero attached hydrogens (tertiary/aromatic N) is 2. The number of aromatic nitrogens is 2. The quantitative estimate of drug-likeness (QED) is 0.542. The number of benzene rings is 1. The van der Waals surface area contributed by atoms with Crippen molar-refractivity contribution >= 4 is 27.8 Å². The van der Waals surface area contributed by atoms with Gasteiger partial charge in [0.15, 0.2) is 0 Å². The van der Waals surface area contributed by atoms with Crippen molar-refractivity contribution in [2.24, 2.45) is 0 Å². The maximum atomic E-state index is 12.9. The number of hydrogen-bond acceptors (Lipinski definition) is 5. The molecule has 0 radical (unpaired) electrons. The summed E-state index contributed by atoms with van der Waals surface area (Å²) in [6.45, 7) is 4.92. The molecule has 1 aromatic carbocycles. The van der Waals surface area contributed by atoms with Crippen LogP contribution in [0, 0.1) is 13.8 Å². The molecule has 28 heavy (non-hydrogen) atoms. The second-order valence-corrected chi connectivity index (χ2v) is 7.33. The number of furan rings is 1. The fraction of sp³-hybridized carbons (Fsp3) is 0.286. The third-order valence-corrected chi connectivity index (χ3v) is 5.63. The van der Waals surface area contributed by atoms with Gasteiger partial charge in [-0.1, -0.05) is 0 Å². The van der Waals surface area contributed by atoms with E-state index < -0.39 is 5.63 Å². The first-order valence-electron chi connectivity index (χ1n) is 9.24. The highest BCUT2D eigenvalue weighted by molar-refractivity contribution is 5.96. The van der Waals surface area contributed by atoms with Crippen LogP contribution in [0.2, 0.25) is 0 Å². The van der Waals surface area contributed by atoms with Crippen LogP contribution in [0.5, 0.6) is 0 Å². The van der Waals surface area contributed by atoms with Crippen LogP contribution < -0.4 is 5.63 Å². The van der Waals surface area contributed by atoms with Gasteiger partial charge in [0, 0.05) is 29.8 Å². The molecular weight excluding hydrogens is 358 g/mol. The van der Waals surface area contributed by atoms with Crippen molar-refractivity contribution in [3.63, 3.8) is 0 Å². The molecule has 7 nitrogen and oxygen atoms in total. The predicted octanol–water partition coefficient (Wildman–Crippen LogP) is 3.01. The molecule has 7 heteroatoms. The Kier molecular flexibility index (Phi) is 3.65. The number of carbonyl (C=O) groups excluding carboxylic acids is 1. The van der Waals surface area contributed by atoms with Crippen LogP contribution >= 0.6 is 0 Å². The van der Waals surface area contributed by atoms with Crippen LogP contribution in [-0.2, 0) is 24.2 Å². The van der Waals surface area contributed by atoms with E-state index in [1.165, 1.54) is 0 Å². The molecule has 3 aromatic heterocycles. The Hall–Kier alpha value is -3.35. The van der Waals surface area contributed by atoms with Crippen molar-refractivity contribution in [1.29, 1.82) is 0 Å². The average molecular weight is 377 g/mol. The Morgan fingerprint density at radius 3 is 2.96 bits per heavy atom. The first-order valence-corrected chi connectivity index (χ1v) is 9.24. The van der Waals surface area contributed by atoms with E-state index in [2.05, 4.69) is 9.97 Å². The molecule has 0 saturated carbocycles. The molecule has 5 rings (SSSR count). The van der Waals surface area contributed by atoms with Crippen LogP contribution in [0.15, 0.2) is 38.4 Å². The molecule has 0 bridgehead atoms. The van der Waals surface area contributed by atoms with Crippen molar-refractivity contribution in [2.75, 3.05) is 6.54 Å². The van der Waals surface area contributed by atoms with E-state index in [1.807, 2.05) is 19.9 Å². The number of nitrogens with one attached hydrogen (secondary N) is 1. The third-order valence-electron chi connectivity index (χ3n) is 5.63. The average Bonchev–Trinajstić information content (AvgIpc) is 3.29. The minimum Gasteiger partial charge on any atom is -0.464 e. The minimum absolute atomic E-state index is 0.0238. The second-order valence-electron chi connectivity index (χ2n) is 7.33. The number of amides is 1. The first-order chi connectivity index (χ1) is 13.5. The molecule has 1 amide bonds. The van der Waals surface area contributed by atoms with Crippen molar-refractivity contribution in [2.45, 2.75) is 33.2 Å². The van der Waals surface area contributed by atoms with E-state index in [0.717, 1.165) is 33.3 Å². The zero-order chi connectivity index (χ0) is 19.4. The topological polar surface area (TPSA) is 92.3 Å². The van der Waals surface area contributed by atoms with E-state index in [9.17, 15) is 9.59 Å². The van der Waals surface area contributed by atoms with Gasteiger partial charge in [-0.2, -0.15) is 0 Å². The first kappa shape index (κ1) is 16.8. The summed E-state index contributed by atoms with van der Waals surface area (Å²) >= 11 is 0. The Balaban J connectivity index is 1.51.